The summed E-state index contributed by atoms with van der Waals surface area (Å²) in [5.74, 6) is -0.121. The fourth-order valence-corrected chi connectivity index (χ4v) is 4.61. The lowest BCUT2D eigenvalue weighted by Gasteiger charge is -2.26. The van der Waals surface area contributed by atoms with Crippen molar-refractivity contribution in [2.45, 2.75) is 51.2 Å². The monoisotopic (exact) mass is 409 g/mol. The van der Waals surface area contributed by atoms with Crippen molar-refractivity contribution in [3.63, 3.8) is 0 Å². The van der Waals surface area contributed by atoms with Gasteiger partial charge in [-0.05, 0) is 63.0 Å². The van der Waals surface area contributed by atoms with E-state index in [9.17, 15) is 13.2 Å². The zero-order valence-electron chi connectivity index (χ0n) is 16.1. The minimum atomic E-state index is -3.54. The second-order valence-electron chi connectivity index (χ2n) is 6.61. The third kappa shape index (κ3) is 6.14. The number of hydrogen-bond donors (Lipinski definition) is 2. The van der Waals surface area contributed by atoms with Gasteiger partial charge in [-0.25, -0.2) is 13.1 Å². The molecule has 0 unspecified atom stereocenters. The highest BCUT2D eigenvalue weighted by Crippen LogP contribution is 2.17. The predicted molar refractivity (Wildman–Crippen MR) is 110 cm³/mol. The summed E-state index contributed by atoms with van der Waals surface area (Å²) in [6.07, 6.45) is 0. The van der Waals surface area contributed by atoms with Crippen molar-refractivity contribution < 1.29 is 13.2 Å². The zero-order chi connectivity index (χ0) is 20.0. The molecule has 2 N–H and O–H groups in total. The molecule has 1 heterocycles. The Hall–Kier alpha value is -1.74. The quantitative estimate of drug-likeness (QED) is 0.666. The van der Waals surface area contributed by atoms with Crippen LogP contribution >= 0.6 is 11.3 Å². The molecule has 0 saturated carbocycles. The summed E-state index contributed by atoms with van der Waals surface area (Å²) in [5, 5.41) is 4.89. The van der Waals surface area contributed by atoms with Crippen LogP contribution in [0.5, 0.6) is 0 Å². The van der Waals surface area contributed by atoms with E-state index in [-0.39, 0.29) is 22.9 Å². The molecule has 0 fully saturated rings. The molecule has 1 aromatic carbocycles. The molecule has 1 aromatic heterocycles. The van der Waals surface area contributed by atoms with E-state index in [0.29, 0.717) is 5.69 Å². The van der Waals surface area contributed by atoms with E-state index in [2.05, 4.69) is 21.0 Å². The molecule has 27 heavy (non-hydrogen) atoms. The van der Waals surface area contributed by atoms with Gasteiger partial charge in [0, 0.05) is 23.2 Å². The maximum absolute atomic E-state index is 12.6. The van der Waals surface area contributed by atoms with E-state index in [1.165, 1.54) is 17.0 Å². The number of anilines is 1. The highest BCUT2D eigenvalue weighted by atomic mass is 32.2. The molecule has 8 heteroatoms. The standard InChI is InChI=1S/C19H27N3O3S2/c1-5-22(13-17-7-6-12-26-17)15(4)19(23)20-16-8-10-18(11-9-16)27(24,25)21-14(2)3/h6-12,14-15,21H,5,13H2,1-4H3,(H,20,23)/t15-/m0/s1. The number of thiophene rings is 1. The van der Waals surface area contributed by atoms with E-state index >= 15 is 0 Å². The number of sulfonamides is 1. The van der Waals surface area contributed by atoms with Crippen LogP contribution in [0.1, 0.15) is 32.6 Å². The lowest BCUT2D eigenvalue weighted by Crippen LogP contribution is -2.41. The van der Waals surface area contributed by atoms with Gasteiger partial charge in [0.1, 0.15) is 0 Å². The second kappa shape index (κ2) is 9.45. The van der Waals surface area contributed by atoms with Gasteiger partial charge in [-0.15, -0.1) is 11.3 Å². The van der Waals surface area contributed by atoms with Gasteiger partial charge in [-0.1, -0.05) is 13.0 Å². The number of carbonyl (C=O) groups excluding carboxylic acids is 1. The first-order valence-corrected chi connectivity index (χ1v) is 11.3. The largest absolute Gasteiger partial charge is 0.325 e. The normalized spacial score (nSPS) is 13.1. The van der Waals surface area contributed by atoms with Gasteiger partial charge in [0.05, 0.1) is 10.9 Å². The van der Waals surface area contributed by atoms with Gasteiger partial charge in [-0.3, -0.25) is 9.69 Å². The third-order valence-corrected chi connectivity index (χ3v) is 6.63. The Labute approximate surface area is 165 Å². The lowest BCUT2D eigenvalue weighted by atomic mass is 10.2. The Kier molecular flexibility index (Phi) is 7.55. The van der Waals surface area contributed by atoms with Gasteiger partial charge in [-0.2, -0.15) is 0 Å². The maximum Gasteiger partial charge on any atom is 0.241 e. The first-order chi connectivity index (χ1) is 12.7. The molecule has 0 aliphatic rings. The van der Waals surface area contributed by atoms with E-state index in [1.807, 2.05) is 25.3 Å². The Balaban J connectivity index is 2.02. The summed E-state index contributed by atoms with van der Waals surface area (Å²) in [6, 6.07) is 9.78. The Bertz CT molecular complexity index is 832. The van der Waals surface area contributed by atoms with Crippen molar-refractivity contribution >= 4 is 33.0 Å². The third-order valence-electron chi connectivity index (χ3n) is 4.10. The lowest BCUT2D eigenvalue weighted by molar-refractivity contribution is -0.120. The van der Waals surface area contributed by atoms with Crippen molar-refractivity contribution in [2.75, 3.05) is 11.9 Å². The number of hydrogen-bond acceptors (Lipinski definition) is 5. The number of carbonyl (C=O) groups is 1. The Morgan fingerprint density at radius 2 is 1.81 bits per heavy atom. The Morgan fingerprint density at radius 1 is 1.15 bits per heavy atom. The molecule has 1 atom stereocenters. The average molecular weight is 410 g/mol. The van der Waals surface area contributed by atoms with Crippen molar-refractivity contribution in [3.05, 3.63) is 46.7 Å². The molecule has 0 aliphatic carbocycles. The molecule has 0 aliphatic heterocycles. The summed E-state index contributed by atoms with van der Waals surface area (Å²) in [7, 11) is -3.54. The molecular weight excluding hydrogens is 382 g/mol. The van der Waals surface area contributed by atoms with Crippen LogP contribution in [-0.2, 0) is 21.4 Å². The molecule has 6 nitrogen and oxygen atoms in total. The van der Waals surface area contributed by atoms with E-state index in [4.69, 9.17) is 0 Å². The molecule has 0 saturated heterocycles. The van der Waals surface area contributed by atoms with E-state index < -0.39 is 10.0 Å². The highest BCUT2D eigenvalue weighted by Gasteiger charge is 2.21. The molecule has 0 bridgehead atoms. The van der Waals surface area contributed by atoms with Crippen LogP contribution < -0.4 is 10.0 Å². The second-order valence-corrected chi connectivity index (χ2v) is 9.35. The molecular formula is C19H27N3O3S2. The van der Waals surface area contributed by atoms with Gasteiger partial charge < -0.3 is 5.32 Å². The van der Waals surface area contributed by atoms with Gasteiger partial charge >= 0.3 is 0 Å². The topological polar surface area (TPSA) is 78.5 Å². The van der Waals surface area contributed by atoms with E-state index in [0.717, 1.165) is 13.1 Å². The van der Waals surface area contributed by atoms with Crippen molar-refractivity contribution in [1.82, 2.24) is 9.62 Å². The number of rotatable bonds is 9. The van der Waals surface area contributed by atoms with Gasteiger partial charge in [0.2, 0.25) is 15.9 Å². The molecule has 0 spiro atoms. The maximum atomic E-state index is 12.6. The minimum absolute atomic E-state index is 0.121. The van der Waals surface area contributed by atoms with Gasteiger partial charge in [0.15, 0.2) is 0 Å². The predicted octanol–water partition coefficient (Wildman–Crippen LogP) is 3.28. The molecule has 1 amide bonds. The summed E-state index contributed by atoms with van der Waals surface area (Å²) in [6.45, 7) is 8.91. The van der Waals surface area contributed by atoms with Crippen molar-refractivity contribution in [2.24, 2.45) is 0 Å². The smallest absolute Gasteiger partial charge is 0.241 e. The Morgan fingerprint density at radius 3 is 2.33 bits per heavy atom. The fourth-order valence-electron chi connectivity index (χ4n) is 2.63. The van der Waals surface area contributed by atoms with Crippen LogP contribution in [0.4, 0.5) is 5.69 Å². The highest BCUT2D eigenvalue weighted by molar-refractivity contribution is 7.89. The summed E-state index contributed by atoms with van der Waals surface area (Å²) >= 11 is 1.67. The van der Waals surface area contributed by atoms with Gasteiger partial charge in [0.25, 0.3) is 0 Å². The van der Waals surface area contributed by atoms with Crippen molar-refractivity contribution in [3.8, 4) is 0 Å². The van der Waals surface area contributed by atoms with Crippen LogP contribution in [0.15, 0.2) is 46.7 Å². The SMILES string of the molecule is CCN(Cc1cccs1)[C@@H](C)C(=O)Nc1ccc(S(=O)(=O)NC(C)C)cc1. The number of amides is 1. The molecule has 2 aromatic rings. The first kappa shape index (κ1) is 21.6. The van der Waals surface area contributed by atoms with Crippen LogP contribution in [0.25, 0.3) is 0 Å². The summed E-state index contributed by atoms with van der Waals surface area (Å²) < 4.78 is 26.9. The summed E-state index contributed by atoms with van der Waals surface area (Å²) in [5.41, 5.74) is 0.572. The van der Waals surface area contributed by atoms with Crippen LogP contribution in [-0.4, -0.2) is 37.9 Å². The number of nitrogens with zero attached hydrogens (tertiary/aromatic N) is 1. The summed E-state index contributed by atoms with van der Waals surface area (Å²) in [4.78, 5) is 16.1. The zero-order valence-corrected chi connectivity index (χ0v) is 17.7. The van der Waals surface area contributed by atoms with Crippen LogP contribution in [0.2, 0.25) is 0 Å². The first-order valence-electron chi connectivity index (χ1n) is 8.92. The minimum Gasteiger partial charge on any atom is -0.325 e. The number of nitrogens with one attached hydrogen (secondary N) is 2. The van der Waals surface area contributed by atoms with Crippen LogP contribution in [0, 0.1) is 0 Å². The molecule has 0 radical (unpaired) electrons. The number of benzene rings is 1. The van der Waals surface area contributed by atoms with Crippen molar-refractivity contribution in [1.29, 1.82) is 0 Å². The van der Waals surface area contributed by atoms with E-state index in [1.54, 1.807) is 37.3 Å². The molecule has 2 rings (SSSR count). The van der Waals surface area contributed by atoms with Crippen LogP contribution in [0.3, 0.4) is 0 Å². The fraction of sp³-hybridized carbons (Fsp3) is 0.421. The number of likely N-dealkylation sites (N-methyl/N-ethyl adjacent to an activating group) is 1. The average Bonchev–Trinajstić information content (AvgIpc) is 3.11. The molecule has 148 valence electrons.